The molecule has 1 saturated heterocycles. The Balaban J connectivity index is 1.56. The number of benzene rings is 1. The number of nitrogens with zero attached hydrogens (tertiary/aromatic N) is 5. The summed E-state index contributed by atoms with van der Waals surface area (Å²) in [7, 11) is 2.22. The van der Waals surface area contributed by atoms with Crippen LogP contribution in [-0.4, -0.2) is 50.9 Å². The number of anilines is 1. The molecular weight excluding hydrogens is 300 g/mol. The second-order valence-corrected chi connectivity index (χ2v) is 6.40. The number of aromatic nitrogens is 4. The number of hydrogen-bond acceptors (Lipinski definition) is 5. The van der Waals surface area contributed by atoms with E-state index in [4.69, 9.17) is 0 Å². The SMILES string of the molecule is CN1CCCC1CCNc1cc(-c2ccccc2)nn2cnnc12. The van der Waals surface area contributed by atoms with Gasteiger partial charge in [0.2, 0.25) is 5.65 Å². The van der Waals surface area contributed by atoms with Crippen molar-refractivity contribution < 1.29 is 0 Å². The van der Waals surface area contributed by atoms with E-state index in [9.17, 15) is 0 Å². The molecule has 1 fully saturated rings. The smallest absolute Gasteiger partial charge is 0.200 e. The summed E-state index contributed by atoms with van der Waals surface area (Å²) in [6.45, 7) is 2.14. The first-order valence-corrected chi connectivity index (χ1v) is 8.52. The van der Waals surface area contributed by atoms with E-state index < -0.39 is 0 Å². The Morgan fingerprint density at radius 1 is 1.25 bits per heavy atom. The lowest BCUT2D eigenvalue weighted by molar-refractivity contribution is 0.301. The summed E-state index contributed by atoms with van der Waals surface area (Å²) in [5.74, 6) is 0. The van der Waals surface area contributed by atoms with Crippen LogP contribution in [0.2, 0.25) is 0 Å². The second-order valence-electron chi connectivity index (χ2n) is 6.40. The lowest BCUT2D eigenvalue weighted by Gasteiger charge is -2.19. The van der Waals surface area contributed by atoms with Crippen molar-refractivity contribution >= 4 is 11.3 Å². The molecular formula is C18H22N6. The zero-order chi connectivity index (χ0) is 16.4. The minimum Gasteiger partial charge on any atom is -0.382 e. The molecule has 6 nitrogen and oxygen atoms in total. The highest BCUT2D eigenvalue weighted by atomic mass is 15.3. The van der Waals surface area contributed by atoms with E-state index in [1.54, 1.807) is 10.8 Å². The molecule has 3 aromatic rings. The Morgan fingerprint density at radius 2 is 2.12 bits per heavy atom. The van der Waals surface area contributed by atoms with Gasteiger partial charge < -0.3 is 10.2 Å². The van der Waals surface area contributed by atoms with Crippen molar-refractivity contribution in [1.29, 1.82) is 0 Å². The molecule has 0 amide bonds. The number of nitrogens with one attached hydrogen (secondary N) is 1. The van der Waals surface area contributed by atoms with Gasteiger partial charge in [-0.15, -0.1) is 10.2 Å². The van der Waals surface area contributed by atoms with Gasteiger partial charge in [0, 0.05) is 18.2 Å². The quantitative estimate of drug-likeness (QED) is 0.782. The minimum atomic E-state index is 0.682. The van der Waals surface area contributed by atoms with Gasteiger partial charge in [-0.3, -0.25) is 0 Å². The molecule has 4 rings (SSSR count). The van der Waals surface area contributed by atoms with E-state index in [1.165, 1.54) is 19.4 Å². The molecule has 0 aliphatic carbocycles. The van der Waals surface area contributed by atoms with Gasteiger partial charge in [-0.05, 0) is 38.9 Å². The topological polar surface area (TPSA) is 58.4 Å². The van der Waals surface area contributed by atoms with Crippen molar-refractivity contribution in [2.75, 3.05) is 25.5 Å². The third kappa shape index (κ3) is 2.97. The van der Waals surface area contributed by atoms with Gasteiger partial charge >= 0.3 is 0 Å². The fourth-order valence-electron chi connectivity index (χ4n) is 3.42. The average Bonchev–Trinajstić information content (AvgIpc) is 3.24. The van der Waals surface area contributed by atoms with Crippen LogP contribution in [0.5, 0.6) is 0 Å². The maximum absolute atomic E-state index is 4.61. The largest absolute Gasteiger partial charge is 0.382 e. The van der Waals surface area contributed by atoms with Crippen LogP contribution in [-0.2, 0) is 0 Å². The van der Waals surface area contributed by atoms with Crippen LogP contribution >= 0.6 is 0 Å². The van der Waals surface area contributed by atoms with Crippen molar-refractivity contribution in [2.24, 2.45) is 0 Å². The molecule has 1 atom stereocenters. The Bertz CT molecular complexity index is 813. The molecule has 6 heteroatoms. The summed E-state index contributed by atoms with van der Waals surface area (Å²) < 4.78 is 1.74. The van der Waals surface area contributed by atoms with Crippen molar-refractivity contribution in [2.45, 2.75) is 25.3 Å². The van der Waals surface area contributed by atoms with E-state index in [-0.39, 0.29) is 0 Å². The molecule has 1 aromatic carbocycles. The van der Waals surface area contributed by atoms with E-state index in [0.29, 0.717) is 6.04 Å². The van der Waals surface area contributed by atoms with E-state index in [0.717, 1.165) is 35.6 Å². The average molecular weight is 322 g/mol. The third-order valence-corrected chi connectivity index (χ3v) is 4.80. The van der Waals surface area contributed by atoms with Crippen molar-refractivity contribution in [3.63, 3.8) is 0 Å². The zero-order valence-electron chi connectivity index (χ0n) is 13.9. The Morgan fingerprint density at radius 3 is 2.92 bits per heavy atom. The van der Waals surface area contributed by atoms with Gasteiger partial charge in [-0.1, -0.05) is 30.3 Å². The van der Waals surface area contributed by atoms with Crippen LogP contribution in [0.1, 0.15) is 19.3 Å². The normalized spacial score (nSPS) is 18.3. The summed E-state index contributed by atoms with van der Waals surface area (Å²) in [5, 5.41) is 16.3. The number of hydrogen-bond donors (Lipinski definition) is 1. The van der Waals surface area contributed by atoms with E-state index in [2.05, 4.69) is 50.8 Å². The molecule has 0 bridgehead atoms. The lowest BCUT2D eigenvalue weighted by atomic mass is 10.1. The predicted molar refractivity (Wildman–Crippen MR) is 95.0 cm³/mol. The summed E-state index contributed by atoms with van der Waals surface area (Å²) >= 11 is 0. The van der Waals surface area contributed by atoms with Crippen LogP contribution in [0.15, 0.2) is 42.7 Å². The summed E-state index contributed by atoms with van der Waals surface area (Å²) in [4.78, 5) is 2.45. The monoisotopic (exact) mass is 322 g/mol. The Labute approximate surface area is 141 Å². The first-order valence-electron chi connectivity index (χ1n) is 8.52. The van der Waals surface area contributed by atoms with Gasteiger partial charge in [-0.25, -0.2) is 0 Å². The third-order valence-electron chi connectivity index (χ3n) is 4.80. The van der Waals surface area contributed by atoms with Crippen molar-refractivity contribution in [1.82, 2.24) is 24.7 Å². The van der Waals surface area contributed by atoms with E-state index >= 15 is 0 Å². The number of rotatable bonds is 5. The zero-order valence-corrected chi connectivity index (χ0v) is 13.9. The molecule has 1 unspecified atom stereocenters. The van der Waals surface area contributed by atoms with Gasteiger partial charge in [0.05, 0.1) is 11.4 Å². The molecule has 0 saturated carbocycles. The lowest BCUT2D eigenvalue weighted by Crippen LogP contribution is -2.27. The maximum Gasteiger partial charge on any atom is 0.200 e. The standard InChI is InChI=1S/C18H22N6/c1-23-11-5-8-15(23)9-10-19-17-12-16(14-6-3-2-4-7-14)22-24-13-20-21-18(17)24/h2-4,6-7,12-13,15,19H,5,8-11H2,1H3. The number of likely N-dealkylation sites (tertiary alicyclic amines) is 1. The van der Waals surface area contributed by atoms with Crippen LogP contribution < -0.4 is 5.32 Å². The molecule has 1 aliphatic rings. The van der Waals surface area contributed by atoms with Gasteiger partial charge in [-0.2, -0.15) is 9.61 Å². The number of fused-ring (bicyclic) bond motifs is 1. The fourth-order valence-corrected chi connectivity index (χ4v) is 3.42. The highest BCUT2D eigenvalue weighted by Gasteiger charge is 2.20. The van der Waals surface area contributed by atoms with E-state index in [1.807, 2.05) is 18.2 Å². The summed E-state index contributed by atoms with van der Waals surface area (Å²) in [5.41, 5.74) is 3.77. The van der Waals surface area contributed by atoms with Crippen LogP contribution in [0, 0.1) is 0 Å². The molecule has 1 N–H and O–H groups in total. The Hall–Kier alpha value is -2.47. The van der Waals surface area contributed by atoms with Crippen LogP contribution in [0.25, 0.3) is 16.9 Å². The van der Waals surface area contributed by atoms with Crippen molar-refractivity contribution in [3.05, 3.63) is 42.7 Å². The summed E-state index contributed by atoms with van der Waals surface area (Å²) in [6, 6.07) is 12.9. The highest BCUT2D eigenvalue weighted by Crippen LogP contribution is 2.23. The first kappa shape index (κ1) is 15.1. The molecule has 2 aromatic heterocycles. The first-order chi connectivity index (χ1) is 11.8. The van der Waals surface area contributed by atoms with Crippen LogP contribution in [0.4, 0.5) is 5.69 Å². The van der Waals surface area contributed by atoms with Crippen molar-refractivity contribution in [3.8, 4) is 11.3 Å². The molecule has 124 valence electrons. The molecule has 3 heterocycles. The van der Waals surface area contributed by atoms with Gasteiger partial charge in [0.25, 0.3) is 0 Å². The van der Waals surface area contributed by atoms with Crippen LogP contribution in [0.3, 0.4) is 0 Å². The fraction of sp³-hybridized carbons (Fsp3) is 0.389. The molecule has 0 radical (unpaired) electrons. The summed E-state index contributed by atoms with van der Waals surface area (Å²) in [6.07, 6.45) is 5.39. The molecule has 24 heavy (non-hydrogen) atoms. The molecule has 1 aliphatic heterocycles. The molecule has 0 spiro atoms. The maximum atomic E-state index is 4.61. The predicted octanol–water partition coefficient (Wildman–Crippen LogP) is 2.69. The van der Waals surface area contributed by atoms with Gasteiger partial charge in [0.15, 0.2) is 0 Å². The highest BCUT2D eigenvalue weighted by molar-refractivity contribution is 5.73. The van der Waals surface area contributed by atoms with Gasteiger partial charge in [0.1, 0.15) is 6.33 Å². The minimum absolute atomic E-state index is 0.682. The second kappa shape index (κ2) is 6.57. The Kier molecular flexibility index (Phi) is 4.13.